The van der Waals surface area contributed by atoms with Crippen LogP contribution in [0.15, 0.2) is 24.3 Å². The minimum absolute atomic E-state index is 0.387. The Hall–Kier alpha value is -1.24. The van der Waals surface area contributed by atoms with Crippen molar-refractivity contribution in [3.05, 3.63) is 35.4 Å². The van der Waals surface area contributed by atoms with Crippen LogP contribution in [-0.2, 0) is 11.1 Å². The van der Waals surface area contributed by atoms with E-state index in [1.165, 1.54) is 0 Å². The second-order valence-electron chi connectivity index (χ2n) is 4.70. The lowest BCUT2D eigenvalue weighted by Crippen LogP contribution is -2.35. The van der Waals surface area contributed by atoms with Gasteiger partial charge in [0.05, 0.1) is 5.37 Å². The Kier molecular flexibility index (Phi) is 4.68. The Labute approximate surface area is 115 Å². The molecular weight excluding hydrogens is 264 g/mol. The van der Waals surface area contributed by atoms with Gasteiger partial charge < -0.3 is 10.3 Å². The van der Waals surface area contributed by atoms with E-state index in [4.69, 9.17) is 5.73 Å². The van der Waals surface area contributed by atoms with Crippen LogP contribution in [0.3, 0.4) is 0 Å². The lowest BCUT2D eigenvalue weighted by atomic mass is 10.1. The van der Waals surface area contributed by atoms with Crippen molar-refractivity contribution in [2.45, 2.75) is 24.6 Å². The number of piperidine rings is 1. The average molecular weight is 281 g/mol. The molecule has 1 heterocycles. The number of rotatable bonds is 4. The van der Waals surface area contributed by atoms with Crippen molar-refractivity contribution in [1.82, 2.24) is 4.90 Å². The number of amides is 1. The molecule has 6 heteroatoms. The summed E-state index contributed by atoms with van der Waals surface area (Å²) in [5.74, 6) is -0.510. The molecule has 19 heavy (non-hydrogen) atoms. The summed E-state index contributed by atoms with van der Waals surface area (Å²) < 4.78 is 23.0. The zero-order chi connectivity index (χ0) is 13.8. The average Bonchev–Trinajstić information content (AvgIpc) is 2.40. The third-order valence-corrected chi connectivity index (χ3v) is 4.32. The maximum atomic E-state index is 11.5. The normalized spacial score (nSPS) is 19.8. The van der Waals surface area contributed by atoms with Gasteiger partial charge in [-0.25, -0.2) is 0 Å². The number of nitrogens with two attached hydrogens (primary N) is 1. The minimum Gasteiger partial charge on any atom is -0.771 e. The van der Waals surface area contributed by atoms with Gasteiger partial charge in [-0.3, -0.25) is 13.9 Å². The predicted octanol–water partition coefficient (Wildman–Crippen LogP) is 1.15. The molecule has 0 aromatic heterocycles. The summed E-state index contributed by atoms with van der Waals surface area (Å²) in [6.07, 6.45) is 3.19. The Balaban J connectivity index is 2.23. The fourth-order valence-corrected chi connectivity index (χ4v) is 3.24. The second-order valence-corrected chi connectivity index (χ2v) is 5.66. The van der Waals surface area contributed by atoms with Gasteiger partial charge in [0.2, 0.25) is 5.91 Å². The Bertz CT molecular complexity index is 469. The lowest BCUT2D eigenvalue weighted by molar-refractivity contribution is 0.100. The first-order valence-corrected chi connectivity index (χ1v) is 7.45. The van der Waals surface area contributed by atoms with Crippen LogP contribution in [0.2, 0.25) is 0 Å². The van der Waals surface area contributed by atoms with Gasteiger partial charge in [-0.05, 0) is 54.7 Å². The SMILES string of the molecule is NC(=O)c1ccc(C(N2CCCCC2)S(=O)[O-])cc1. The van der Waals surface area contributed by atoms with Gasteiger partial charge >= 0.3 is 0 Å². The largest absolute Gasteiger partial charge is 0.771 e. The van der Waals surface area contributed by atoms with Gasteiger partial charge in [-0.15, -0.1) is 0 Å². The molecule has 104 valence electrons. The maximum Gasteiger partial charge on any atom is 0.248 e. The van der Waals surface area contributed by atoms with Gasteiger partial charge in [0.25, 0.3) is 0 Å². The van der Waals surface area contributed by atoms with Gasteiger partial charge in [-0.2, -0.15) is 0 Å². The van der Waals surface area contributed by atoms with Crippen molar-refractivity contribution >= 4 is 17.0 Å². The van der Waals surface area contributed by atoms with E-state index in [1.54, 1.807) is 24.3 Å². The van der Waals surface area contributed by atoms with Crippen molar-refractivity contribution in [1.29, 1.82) is 0 Å². The van der Waals surface area contributed by atoms with E-state index >= 15 is 0 Å². The fourth-order valence-electron chi connectivity index (χ4n) is 2.41. The number of benzene rings is 1. The van der Waals surface area contributed by atoms with E-state index in [0.29, 0.717) is 11.1 Å². The third-order valence-electron chi connectivity index (χ3n) is 3.38. The van der Waals surface area contributed by atoms with Crippen LogP contribution in [-0.4, -0.2) is 32.7 Å². The molecule has 2 N–H and O–H groups in total. The molecule has 1 aromatic carbocycles. The van der Waals surface area contributed by atoms with Crippen molar-refractivity contribution in [2.75, 3.05) is 13.1 Å². The van der Waals surface area contributed by atoms with Crippen LogP contribution >= 0.6 is 0 Å². The summed E-state index contributed by atoms with van der Waals surface area (Å²) in [7, 11) is 0. The molecule has 0 aliphatic carbocycles. The highest BCUT2D eigenvalue weighted by molar-refractivity contribution is 7.79. The second kappa shape index (κ2) is 6.27. The first-order valence-electron chi connectivity index (χ1n) is 6.31. The Morgan fingerprint density at radius 1 is 1.21 bits per heavy atom. The van der Waals surface area contributed by atoms with Gasteiger partial charge in [-0.1, -0.05) is 18.6 Å². The first-order chi connectivity index (χ1) is 9.09. The summed E-state index contributed by atoms with van der Waals surface area (Å²) in [6.45, 7) is 1.58. The molecule has 1 fully saturated rings. The molecule has 0 bridgehead atoms. The maximum absolute atomic E-state index is 11.5. The molecule has 0 spiro atoms. The number of hydrogen-bond acceptors (Lipinski definition) is 4. The van der Waals surface area contributed by atoms with Crippen molar-refractivity contribution in [2.24, 2.45) is 5.73 Å². The smallest absolute Gasteiger partial charge is 0.248 e. The predicted molar refractivity (Wildman–Crippen MR) is 72.0 cm³/mol. The Morgan fingerprint density at radius 3 is 2.26 bits per heavy atom. The molecule has 2 rings (SSSR count). The zero-order valence-corrected chi connectivity index (χ0v) is 11.4. The number of nitrogens with zero attached hydrogens (tertiary/aromatic N) is 1. The van der Waals surface area contributed by atoms with E-state index in [1.807, 2.05) is 4.90 Å². The van der Waals surface area contributed by atoms with Crippen LogP contribution in [0, 0.1) is 0 Å². The molecule has 5 nitrogen and oxygen atoms in total. The Morgan fingerprint density at radius 2 is 1.79 bits per heavy atom. The van der Waals surface area contributed by atoms with E-state index < -0.39 is 22.4 Å². The summed E-state index contributed by atoms with van der Waals surface area (Å²) in [6, 6.07) is 6.47. The van der Waals surface area contributed by atoms with Crippen molar-refractivity contribution < 1.29 is 13.6 Å². The molecule has 0 saturated carbocycles. The molecule has 1 amide bonds. The summed E-state index contributed by atoms with van der Waals surface area (Å²) in [5.41, 5.74) is 6.24. The van der Waals surface area contributed by atoms with Crippen LogP contribution in [0.25, 0.3) is 0 Å². The standard InChI is InChI=1S/C13H18N2O3S/c14-12(16)10-4-6-11(7-5-10)13(19(17)18)15-8-2-1-3-9-15/h4-7,13H,1-3,8-9H2,(H2,14,16)(H,17,18)/p-1. The lowest BCUT2D eigenvalue weighted by Gasteiger charge is -2.35. The van der Waals surface area contributed by atoms with E-state index in [2.05, 4.69) is 0 Å². The topological polar surface area (TPSA) is 86.5 Å². The van der Waals surface area contributed by atoms with Crippen LogP contribution < -0.4 is 5.73 Å². The molecule has 1 aliphatic rings. The van der Waals surface area contributed by atoms with Gasteiger partial charge in [0, 0.05) is 5.56 Å². The zero-order valence-electron chi connectivity index (χ0n) is 10.6. The van der Waals surface area contributed by atoms with E-state index in [-0.39, 0.29) is 0 Å². The summed E-state index contributed by atoms with van der Waals surface area (Å²) in [4.78, 5) is 13.0. The van der Waals surface area contributed by atoms with Crippen molar-refractivity contribution in [3.63, 3.8) is 0 Å². The highest BCUT2D eigenvalue weighted by Gasteiger charge is 2.23. The molecule has 2 unspecified atom stereocenters. The van der Waals surface area contributed by atoms with Crippen LogP contribution in [0.5, 0.6) is 0 Å². The number of carbonyl (C=O) groups excluding carboxylic acids is 1. The van der Waals surface area contributed by atoms with Gasteiger partial charge in [0.1, 0.15) is 0 Å². The number of likely N-dealkylation sites (tertiary alicyclic amines) is 1. The molecule has 1 saturated heterocycles. The molecule has 2 atom stereocenters. The fraction of sp³-hybridized carbons (Fsp3) is 0.462. The third kappa shape index (κ3) is 3.40. The van der Waals surface area contributed by atoms with Crippen LogP contribution in [0.4, 0.5) is 0 Å². The quantitative estimate of drug-likeness (QED) is 0.839. The minimum atomic E-state index is -2.21. The molecule has 0 radical (unpaired) electrons. The van der Waals surface area contributed by atoms with E-state index in [9.17, 15) is 13.6 Å². The summed E-state index contributed by atoms with van der Waals surface area (Å²) >= 11 is -2.21. The number of primary amides is 1. The summed E-state index contributed by atoms with van der Waals surface area (Å²) in [5, 5.41) is -0.637. The van der Waals surface area contributed by atoms with Gasteiger partial charge in [0.15, 0.2) is 0 Å². The van der Waals surface area contributed by atoms with Crippen LogP contribution in [0.1, 0.15) is 40.6 Å². The number of hydrogen-bond donors (Lipinski definition) is 1. The highest BCUT2D eigenvalue weighted by Crippen LogP contribution is 2.27. The first kappa shape index (κ1) is 14.2. The molecule has 1 aliphatic heterocycles. The molecule has 1 aromatic rings. The monoisotopic (exact) mass is 281 g/mol. The molecular formula is C13H17N2O3S-. The number of carbonyl (C=O) groups is 1. The van der Waals surface area contributed by atoms with E-state index in [0.717, 1.165) is 32.4 Å². The highest BCUT2D eigenvalue weighted by atomic mass is 32.2. The van der Waals surface area contributed by atoms with Crippen molar-refractivity contribution in [3.8, 4) is 0 Å².